The molecule has 62 valence electrons. The van der Waals surface area contributed by atoms with Crippen LogP contribution in [0.15, 0.2) is 18.3 Å². The van der Waals surface area contributed by atoms with Gasteiger partial charge >= 0.3 is 0 Å². The maximum atomic E-state index is 8.89. The lowest BCUT2D eigenvalue weighted by Gasteiger charge is -2.06. The van der Waals surface area contributed by atoms with E-state index in [2.05, 4.69) is 17.1 Å². The van der Waals surface area contributed by atoms with Crippen LogP contribution >= 0.6 is 0 Å². The first kappa shape index (κ1) is 7.76. The minimum Gasteiger partial charge on any atom is -0.261 e. The summed E-state index contributed by atoms with van der Waals surface area (Å²) in [4.78, 5) is 4.15. The number of hydrogen-bond donors (Lipinski definition) is 0. The van der Waals surface area contributed by atoms with Gasteiger partial charge in [0.05, 0.1) is 12.1 Å². The van der Waals surface area contributed by atoms with Crippen molar-refractivity contribution in [1.29, 1.82) is 10.5 Å². The van der Waals surface area contributed by atoms with Gasteiger partial charge in [0.1, 0.15) is 0 Å². The maximum Gasteiger partial charge on any atom is 0.153 e. The van der Waals surface area contributed by atoms with Gasteiger partial charge in [-0.05, 0) is 11.6 Å². The fraction of sp³-hybridized carbons (Fsp3) is 0.300. The minimum atomic E-state index is -0.864. The van der Waals surface area contributed by atoms with Crippen molar-refractivity contribution in [3.8, 4) is 12.1 Å². The van der Waals surface area contributed by atoms with Crippen molar-refractivity contribution in [2.75, 3.05) is 0 Å². The first-order chi connectivity index (χ1) is 6.29. The first-order valence-corrected chi connectivity index (χ1v) is 4.05. The van der Waals surface area contributed by atoms with Crippen molar-refractivity contribution in [1.82, 2.24) is 4.98 Å². The van der Waals surface area contributed by atoms with Gasteiger partial charge in [-0.2, -0.15) is 10.5 Å². The molecule has 3 nitrogen and oxygen atoms in total. The van der Waals surface area contributed by atoms with Crippen LogP contribution in [0, 0.1) is 28.1 Å². The van der Waals surface area contributed by atoms with Crippen molar-refractivity contribution in [3.63, 3.8) is 0 Å². The van der Waals surface area contributed by atoms with Crippen molar-refractivity contribution in [2.24, 2.45) is 5.41 Å². The molecule has 1 heterocycles. The lowest BCUT2D eigenvalue weighted by molar-refractivity contribution is 0.557. The van der Waals surface area contributed by atoms with Gasteiger partial charge in [0, 0.05) is 24.7 Å². The molecule has 1 aliphatic rings. The second-order valence-corrected chi connectivity index (χ2v) is 3.27. The highest BCUT2D eigenvalue weighted by atomic mass is 14.7. The van der Waals surface area contributed by atoms with Crippen LogP contribution in [0.1, 0.15) is 11.3 Å². The summed E-state index contributed by atoms with van der Waals surface area (Å²) in [5.74, 6) is 0. The van der Waals surface area contributed by atoms with Crippen LogP contribution < -0.4 is 0 Å². The number of rotatable bonds is 0. The SMILES string of the molecule is N#CC1(C#N)Cc2cccnc2C1. The number of pyridine rings is 1. The molecule has 0 fully saturated rings. The van der Waals surface area contributed by atoms with Gasteiger partial charge in [-0.25, -0.2) is 0 Å². The van der Waals surface area contributed by atoms with E-state index in [0.29, 0.717) is 12.8 Å². The van der Waals surface area contributed by atoms with E-state index in [0.717, 1.165) is 11.3 Å². The molecule has 0 atom stereocenters. The van der Waals surface area contributed by atoms with Crippen LogP contribution in [0.5, 0.6) is 0 Å². The highest BCUT2D eigenvalue weighted by molar-refractivity contribution is 5.36. The molecule has 0 unspecified atom stereocenters. The Labute approximate surface area is 76.3 Å². The van der Waals surface area contributed by atoms with Crippen LogP contribution in [0.4, 0.5) is 0 Å². The molecular weight excluding hydrogens is 162 g/mol. The molecule has 1 aromatic heterocycles. The smallest absolute Gasteiger partial charge is 0.153 e. The second kappa shape index (κ2) is 2.57. The standard InChI is InChI=1S/C10H7N3/c11-6-10(7-12)4-8-2-1-3-13-9(8)5-10/h1-3H,4-5H2. The zero-order valence-corrected chi connectivity index (χ0v) is 6.99. The third-order valence-corrected chi connectivity index (χ3v) is 2.37. The normalized spacial score (nSPS) is 17.1. The van der Waals surface area contributed by atoms with E-state index in [1.807, 2.05) is 12.1 Å². The third-order valence-electron chi connectivity index (χ3n) is 2.37. The quantitative estimate of drug-likeness (QED) is 0.586. The highest BCUT2D eigenvalue weighted by Gasteiger charge is 2.38. The maximum absolute atomic E-state index is 8.89. The number of hydrogen-bond acceptors (Lipinski definition) is 3. The van der Waals surface area contributed by atoms with Crippen LogP contribution in [0.3, 0.4) is 0 Å². The van der Waals surface area contributed by atoms with Gasteiger partial charge in [-0.3, -0.25) is 4.98 Å². The van der Waals surface area contributed by atoms with Gasteiger partial charge < -0.3 is 0 Å². The van der Waals surface area contributed by atoms with Crippen LogP contribution in [-0.2, 0) is 12.8 Å². The third kappa shape index (κ3) is 1.06. The monoisotopic (exact) mass is 169 g/mol. The summed E-state index contributed by atoms with van der Waals surface area (Å²) in [5.41, 5.74) is 1.06. The Morgan fingerprint density at radius 3 is 2.69 bits per heavy atom. The summed E-state index contributed by atoms with van der Waals surface area (Å²) in [6.45, 7) is 0. The fourth-order valence-corrected chi connectivity index (χ4v) is 1.65. The molecule has 0 saturated carbocycles. The van der Waals surface area contributed by atoms with Crippen molar-refractivity contribution < 1.29 is 0 Å². The van der Waals surface area contributed by atoms with Crippen molar-refractivity contribution >= 4 is 0 Å². The van der Waals surface area contributed by atoms with Crippen molar-refractivity contribution in [3.05, 3.63) is 29.6 Å². The average Bonchev–Trinajstić information content (AvgIpc) is 2.57. The molecule has 0 bridgehead atoms. The summed E-state index contributed by atoms with van der Waals surface area (Å²) in [7, 11) is 0. The molecule has 0 amide bonds. The number of nitriles is 2. The van der Waals surface area contributed by atoms with E-state index in [9.17, 15) is 0 Å². The Balaban J connectivity index is 2.44. The van der Waals surface area contributed by atoms with Crippen LogP contribution in [0.25, 0.3) is 0 Å². The van der Waals surface area contributed by atoms with E-state index in [1.165, 1.54) is 0 Å². The second-order valence-electron chi connectivity index (χ2n) is 3.27. The van der Waals surface area contributed by atoms with Gasteiger partial charge in [-0.1, -0.05) is 6.07 Å². The lowest BCUT2D eigenvalue weighted by atomic mass is 9.89. The summed E-state index contributed by atoms with van der Waals surface area (Å²) < 4.78 is 0. The Morgan fingerprint density at radius 2 is 2.08 bits per heavy atom. The van der Waals surface area contributed by atoms with E-state index < -0.39 is 5.41 Å². The zero-order chi connectivity index (χ0) is 9.31. The molecule has 0 radical (unpaired) electrons. The number of nitrogens with zero attached hydrogens (tertiary/aromatic N) is 3. The largest absolute Gasteiger partial charge is 0.261 e. The summed E-state index contributed by atoms with van der Waals surface area (Å²) in [5, 5.41) is 17.8. The van der Waals surface area contributed by atoms with E-state index in [-0.39, 0.29) is 0 Å². The summed E-state index contributed by atoms with van der Waals surface area (Å²) in [6, 6.07) is 7.91. The Morgan fingerprint density at radius 1 is 1.31 bits per heavy atom. The molecule has 0 aliphatic heterocycles. The van der Waals surface area contributed by atoms with Gasteiger partial charge in [0.2, 0.25) is 0 Å². The highest BCUT2D eigenvalue weighted by Crippen LogP contribution is 2.34. The van der Waals surface area contributed by atoms with Gasteiger partial charge in [0.15, 0.2) is 5.41 Å². The lowest BCUT2D eigenvalue weighted by Crippen LogP contribution is -2.15. The molecule has 0 spiro atoms. The van der Waals surface area contributed by atoms with Crippen LogP contribution in [0.2, 0.25) is 0 Å². The molecule has 2 rings (SSSR count). The van der Waals surface area contributed by atoms with Gasteiger partial charge in [0.25, 0.3) is 0 Å². The van der Waals surface area contributed by atoms with Crippen LogP contribution in [-0.4, -0.2) is 4.98 Å². The Kier molecular flexibility index (Phi) is 1.53. The number of aromatic nitrogens is 1. The molecular formula is C10H7N3. The summed E-state index contributed by atoms with van der Waals surface area (Å²) >= 11 is 0. The molecule has 0 saturated heterocycles. The topological polar surface area (TPSA) is 60.5 Å². The molecule has 1 aromatic rings. The van der Waals surface area contributed by atoms with E-state index in [4.69, 9.17) is 10.5 Å². The van der Waals surface area contributed by atoms with E-state index >= 15 is 0 Å². The van der Waals surface area contributed by atoms with E-state index in [1.54, 1.807) is 6.20 Å². The van der Waals surface area contributed by atoms with Crippen molar-refractivity contribution in [2.45, 2.75) is 12.8 Å². The Bertz CT molecular complexity index is 382. The summed E-state index contributed by atoms with van der Waals surface area (Å²) in [6.07, 6.45) is 2.68. The minimum absolute atomic E-state index is 0.468. The predicted octanol–water partition coefficient (Wildman–Crippen LogP) is 1.21. The molecule has 0 aromatic carbocycles. The molecule has 13 heavy (non-hydrogen) atoms. The number of fused-ring (bicyclic) bond motifs is 1. The molecule has 1 aliphatic carbocycles. The zero-order valence-electron chi connectivity index (χ0n) is 6.99. The predicted molar refractivity (Wildman–Crippen MR) is 45.3 cm³/mol. The average molecular weight is 169 g/mol. The Hall–Kier alpha value is -1.87. The van der Waals surface area contributed by atoms with Gasteiger partial charge in [-0.15, -0.1) is 0 Å². The first-order valence-electron chi connectivity index (χ1n) is 4.05. The molecule has 0 N–H and O–H groups in total. The fourth-order valence-electron chi connectivity index (χ4n) is 1.65. The molecule has 3 heteroatoms.